The van der Waals surface area contributed by atoms with Crippen molar-refractivity contribution in [3.8, 4) is 0 Å². The molecule has 0 radical (unpaired) electrons. The maximum Gasteiger partial charge on any atom is 0.421 e. The fourth-order valence-corrected chi connectivity index (χ4v) is 2.79. The van der Waals surface area contributed by atoms with Crippen LogP contribution in [0.2, 0.25) is 10.0 Å². The topological polar surface area (TPSA) is 76.9 Å². The first-order valence-corrected chi connectivity index (χ1v) is 8.63. The predicted octanol–water partition coefficient (Wildman–Crippen LogP) is 3.79. The molecule has 3 rings (SSSR count). The van der Waals surface area contributed by atoms with Crippen LogP contribution in [-0.4, -0.2) is 20.7 Å². The molecule has 27 heavy (non-hydrogen) atoms. The van der Waals surface area contributed by atoms with Gasteiger partial charge >= 0.3 is 6.18 Å². The Morgan fingerprint density at radius 2 is 2.04 bits per heavy atom. The maximum atomic E-state index is 13.1. The van der Waals surface area contributed by atoms with Crippen LogP contribution < -0.4 is 10.9 Å². The van der Waals surface area contributed by atoms with Crippen LogP contribution in [0.25, 0.3) is 0 Å². The van der Waals surface area contributed by atoms with E-state index in [-0.39, 0.29) is 22.5 Å². The highest BCUT2D eigenvalue weighted by Gasteiger charge is 2.37. The molecule has 6 nitrogen and oxygen atoms in total. The standard InChI is InChI=1S/C16H13Cl2F3N4O2/c1-7-10(17)5-22-14(13(7)18)23-12(26)6-25-15(27)9(16(19,20)21)4-11(24-25)8-2-3-8/h4-5,8H,2-3,6H2,1H3,(H,22,23,26). The van der Waals surface area contributed by atoms with Crippen LogP contribution in [0.15, 0.2) is 17.1 Å². The van der Waals surface area contributed by atoms with Crippen LogP contribution >= 0.6 is 23.2 Å². The van der Waals surface area contributed by atoms with Gasteiger partial charge in [0.05, 0.1) is 15.7 Å². The Bertz CT molecular complexity index is 971. The number of anilines is 1. The number of carbonyl (C=O) groups is 1. The zero-order chi connectivity index (χ0) is 19.9. The molecule has 144 valence electrons. The lowest BCUT2D eigenvalue weighted by Gasteiger charge is -2.13. The highest BCUT2D eigenvalue weighted by molar-refractivity contribution is 6.37. The van der Waals surface area contributed by atoms with E-state index in [2.05, 4.69) is 15.4 Å². The minimum atomic E-state index is -4.83. The normalized spacial score (nSPS) is 14.3. The number of nitrogens with one attached hydrogen (secondary N) is 1. The Labute approximate surface area is 161 Å². The van der Waals surface area contributed by atoms with E-state index in [0.717, 1.165) is 6.07 Å². The maximum absolute atomic E-state index is 13.1. The van der Waals surface area contributed by atoms with Crippen molar-refractivity contribution in [2.45, 2.75) is 38.4 Å². The second kappa shape index (κ2) is 7.12. The van der Waals surface area contributed by atoms with Crippen LogP contribution in [-0.2, 0) is 17.5 Å². The molecule has 0 saturated heterocycles. The molecule has 1 amide bonds. The van der Waals surface area contributed by atoms with Gasteiger partial charge in [-0.25, -0.2) is 9.67 Å². The van der Waals surface area contributed by atoms with Crippen LogP contribution in [0.5, 0.6) is 0 Å². The molecular formula is C16H13Cl2F3N4O2. The molecule has 2 aromatic heterocycles. The quantitative estimate of drug-likeness (QED) is 0.815. The summed E-state index contributed by atoms with van der Waals surface area (Å²) in [7, 11) is 0. The predicted molar refractivity (Wildman–Crippen MR) is 93.1 cm³/mol. The highest BCUT2D eigenvalue weighted by Crippen LogP contribution is 2.40. The van der Waals surface area contributed by atoms with Gasteiger partial charge in [-0.05, 0) is 31.4 Å². The number of aromatic nitrogens is 3. The molecule has 0 aliphatic heterocycles. The van der Waals surface area contributed by atoms with Crippen LogP contribution in [0.1, 0.15) is 35.6 Å². The van der Waals surface area contributed by atoms with Crippen molar-refractivity contribution in [1.82, 2.24) is 14.8 Å². The van der Waals surface area contributed by atoms with Crippen LogP contribution in [0.4, 0.5) is 19.0 Å². The fourth-order valence-electron chi connectivity index (χ4n) is 2.40. The van der Waals surface area contributed by atoms with Crippen LogP contribution in [0, 0.1) is 6.92 Å². The van der Waals surface area contributed by atoms with Crippen molar-refractivity contribution in [3.05, 3.63) is 49.5 Å². The third-order valence-electron chi connectivity index (χ3n) is 4.05. The molecule has 0 bridgehead atoms. The van der Waals surface area contributed by atoms with E-state index >= 15 is 0 Å². The average Bonchev–Trinajstić information content (AvgIpc) is 3.41. The molecule has 2 heterocycles. The van der Waals surface area contributed by atoms with E-state index in [1.165, 1.54) is 6.20 Å². The van der Waals surface area contributed by atoms with E-state index < -0.39 is 29.8 Å². The zero-order valence-corrected chi connectivity index (χ0v) is 15.4. The molecule has 11 heteroatoms. The molecule has 1 saturated carbocycles. The summed E-state index contributed by atoms with van der Waals surface area (Å²) in [5, 5.41) is 6.66. The minimum Gasteiger partial charge on any atom is -0.308 e. The van der Waals surface area contributed by atoms with Gasteiger partial charge in [0.1, 0.15) is 12.1 Å². The largest absolute Gasteiger partial charge is 0.421 e. The molecule has 0 atom stereocenters. The number of nitrogens with zero attached hydrogens (tertiary/aromatic N) is 3. The summed E-state index contributed by atoms with van der Waals surface area (Å²) in [4.78, 5) is 28.2. The molecule has 0 aromatic carbocycles. The molecule has 1 N–H and O–H groups in total. The molecule has 1 aliphatic carbocycles. The summed E-state index contributed by atoms with van der Waals surface area (Å²) >= 11 is 11.9. The van der Waals surface area contributed by atoms with E-state index in [1.807, 2.05) is 0 Å². The average molecular weight is 421 g/mol. The monoisotopic (exact) mass is 420 g/mol. The number of amides is 1. The zero-order valence-electron chi connectivity index (χ0n) is 13.9. The second-order valence-corrected chi connectivity index (χ2v) is 6.94. The number of halogens is 5. The van der Waals surface area contributed by atoms with Crippen molar-refractivity contribution >= 4 is 34.9 Å². The van der Waals surface area contributed by atoms with Gasteiger partial charge in [0, 0.05) is 12.1 Å². The Balaban J connectivity index is 1.89. The minimum absolute atomic E-state index is 0.00833. The first-order valence-electron chi connectivity index (χ1n) is 7.87. The molecule has 0 unspecified atom stereocenters. The number of carbonyl (C=O) groups excluding carboxylic acids is 1. The lowest BCUT2D eigenvalue weighted by Crippen LogP contribution is -2.35. The molecule has 1 aliphatic rings. The summed E-state index contributed by atoms with van der Waals surface area (Å²) in [6.07, 6.45) is -2.17. The lowest BCUT2D eigenvalue weighted by atomic mass is 10.2. The summed E-state index contributed by atoms with van der Waals surface area (Å²) in [5.41, 5.74) is -2.10. The van der Waals surface area contributed by atoms with Crippen molar-refractivity contribution in [2.75, 3.05) is 5.32 Å². The second-order valence-electron chi connectivity index (χ2n) is 6.16. The van der Waals surface area contributed by atoms with Gasteiger partial charge in [0.2, 0.25) is 5.91 Å². The Morgan fingerprint density at radius 3 is 2.63 bits per heavy atom. The summed E-state index contributed by atoms with van der Waals surface area (Å²) in [6.45, 7) is 0.908. The number of rotatable bonds is 4. The first-order chi connectivity index (χ1) is 12.6. The smallest absolute Gasteiger partial charge is 0.308 e. The summed E-state index contributed by atoms with van der Waals surface area (Å²) < 4.78 is 39.9. The lowest BCUT2D eigenvalue weighted by molar-refractivity contribution is -0.139. The van der Waals surface area contributed by atoms with Gasteiger partial charge < -0.3 is 5.32 Å². The van der Waals surface area contributed by atoms with Gasteiger partial charge in [-0.2, -0.15) is 18.3 Å². The number of hydrogen-bond acceptors (Lipinski definition) is 4. The highest BCUT2D eigenvalue weighted by atomic mass is 35.5. The number of hydrogen-bond donors (Lipinski definition) is 1. The third kappa shape index (κ3) is 4.24. The van der Waals surface area contributed by atoms with E-state index in [1.54, 1.807) is 6.92 Å². The van der Waals surface area contributed by atoms with Gasteiger partial charge in [-0.15, -0.1) is 0 Å². The van der Waals surface area contributed by atoms with Crippen molar-refractivity contribution in [3.63, 3.8) is 0 Å². The first kappa shape index (κ1) is 19.6. The van der Waals surface area contributed by atoms with E-state index in [4.69, 9.17) is 23.2 Å². The summed E-state index contributed by atoms with van der Waals surface area (Å²) in [5.74, 6) is -0.927. The number of alkyl halides is 3. The third-order valence-corrected chi connectivity index (χ3v) is 4.89. The molecular weight excluding hydrogens is 408 g/mol. The van der Waals surface area contributed by atoms with Gasteiger partial charge in [0.15, 0.2) is 5.82 Å². The number of pyridine rings is 1. The molecule has 1 fully saturated rings. The van der Waals surface area contributed by atoms with Gasteiger partial charge in [0.25, 0.3) is 5.56 Å². The van der Waals surface area contributed by atoms with Crippen molar-refractivity contribution < 1.29 is 18.0 Å². The summed E-state index contributed by atoms with van der Waals surface area (Å²) in [6, 6.07) is 0.759. The van der Waals surface area contributed by atoms with E-state index in [9.17, 15) is 22.8 Å². The Kier molecular flexibility index (Phi) is 5.18. The molecule has 2 aromatic rings. The Morgan fingerprint density at radius 1 is 1.37 bits per heavy atom. The van der Waals surface area contributed by atoms with Gasteiger partial charge in [-0.3, -0.25) is 9.59 Å². The molecule has 0 spiro atoms. The fraction of sp³-hybridized carbons (Fsp3) is 0.375. The van der Waals surface area contributed by atoms with E-state index in [0.29, 0.717) is 28.1 Å². The Hall–Kier alpha value is -2.13. The van der Waals surface area contributed by atoms with Crippen molar-refractivity contribution in [2.24, 2.45) is 0 Å². The van der Waals surface area contributed by atoms with Crippen molar-refractivity contribution in [1.29, 1.82) is 0 Å². The SMILES string of the molecule is Cc1c(Cl)cnc(NC(=O)Cn2nc(C3CC3)cc(C(F)(F)F)c2=O)c1Cl. The van der Waals surface area contributed by atoms with Crippen LogP contribution in [0.3, 0.4) is 0 Å². The van der Waals surface area contributed by atoms with Gasteiger partial charge in [-0.1, -0.05) is 23.2 Å².